The lowest BCUT2D eigenvalue weighted by molar-refractivity contribution is -0.384. The molecular formula is C17H13ClN4O3. The number of nitro benzene ring substituents is 1. The second-order valence-electron chi connectivity index (χ2n) is 5.67. The first-order valence-electron chi connectivity index (χ1n) is 7.54. The summed E-state index contributed by atoms with van der Waals surface area (Å²) < 4.78 is 0. The van der Waals surface area contributed by atoms with E-state index in [2.05, 4.69) is 10.6 Å². The second-order valence-corrected chi connectivity index (χ2v) is 6.08. The third-order valence-corrected chi connectivity index (χ3v) is 4.07. The molecule has 1 aliphatic carbocycles. The van der Waals surface area contributed by atoms with E-state index in [0.29, 0.717) is 11.4 Å². The van der Waals surface area contributed by atoms with Crippen LogP contribution in [0.1, 0.15) is 28.8 Å². The van der Waals surface area contributed by atoms with Crippen LogP contribution in [-0.4, -0.2) is 16.9 Å². The van der Waals surface area contributed by atoms with E-state index in [1.807, 2.05) is 6.07 Å². The van der Waals surface area contributed by atoms with Crippen LogP contribution in [0, 0.1) is 21.4 Å². The fourth-order valence-corrected chi connectivity index (χ4v) is 2.45. The molecule has 0 atom stereocenters. The Morgan fingerprint density at radius 2 is 2.04 bits per heavy atom. The van der Waals surface area contributed by atoms with Gasteiger partial charge in [0.1, 0.15) is 11.8 Å². The number of hydrogen-bond acceptors (Lipinski definition) is 5. The molecular weight excluding hydrogens is 344 g/mol. The van der Waals surface area contributed by atoms with Gasteiger partial charge in [-0.1, -0.05) is 11.6 Å². The lowest BCUT2D eigenvalue weighted by Crippen LogP contribution is -2.13. The van der Waals surface area contributed by atoms with Crippen LogP contribution in [0.25, 0.3) is 0 Å². The molecule has 0 aliphatic heterocycles. The molecule has 1 fully saturated rings. The molecule has 3 rings (SSSR count). The van der Waals surface area contributed by atoms with Crippen molar-refractivity contribution in [2.24, 2.45) is 0 Å². The molecule has 8 heteroatoms. The molecule has 0 saturated heterocycles. The number of hydrogen-bond donors (Lipinski definition) is 2. The first kappa shape index (κ1) is 16.7. The van der Waals surface area contributed by atoms with Crippen LogP contribution in [-0.2, 0) is 0 Å². The minimum absolute atomic E-state index is 0.145. The van der Waals surface area contributed by atoms with E-state index in [1.165, 1.54) is 30.3 Å². The minimum Gasteiger partial charge on any atom is -0.377 e. The molecule has 0 unspecified atom stereocenters. The molecule has 0 aromatic heterocycles. The standard InChI is InChI=1S/C17H13ClN4O3/c18-14-5-4-13(7-11(14)9-19)21-17(23)10-1-6-15(20-12-2-3-12)16(8-10)22(24)25/h1,4-8,12,20H,2-3H2,(H,21,23). The van der Waals surface area contributed by atoms with E-state index in [0.717, 1.165) is 12.8 Å². The number of nitro groups is 1. The van der Waals surface area contributed by atoms with Gasteiger partial charge in [-0.2, -0.15) is 5.26 Å². The van der Waals surface area contributed by atoms with Gasteiger partial charge >= 0.3 is 0 Å². The van der Waals surface area contributed by atoms with Gasteiger partial charge in [0.05, 0.1) is 15.5 Å². The van der Waals surface area contributed by atoms with Crippen molar-refractivity contribution in [2.45, 2.75) is 18.9 Å². The van der Waals surface area contributed by atoms with E-state index >= 15 is 0 Å². The van der Waals surface area contributed by atoms with Crippen molar-refractivity contribution in [1.29, 1.82) is 5.26 Å². The highest BCUT2D eigenvalue weighted by molar-refractivity contribution is 6.31. The zero-order valence-corrected chi connectivity index (χ0v) is 13.7. The summed E-state index contributed by atoms with van der Waals surface area (Å²) in [7, 11) is 0. The molecule has 1 amide bonds. The van der Waals surface area contributed by atoms with Gasteiger partial charge in [0, 0.05) is 23.4 Å². The van der Waals surface area contributed by atoms with E-state index in [4.69, 9.17) is 16.9 Å². The molecule has 1 aliphatic rings. The Hall–Kier alpha value is -3.11. The van der Waals surface area contributed by atoms with Crippen LogP contribution < -0.4 is 10.6 Å². The molecule has 0 radical (unpaired) electrons. The number of rotatable bonds is 5. The molecule has 0 heterocycles. The molecule has 0 spiro atoms. The van der Waals surface area contributed by atoms with Gasteiger partial charge in [0.15, 0.2) is 0 Å². The number of amides is 1. The van der Waals surface area contributed by atoms with Crippen LogP contribution in [0.15, 0.2) is 36.4 Å². The quantitative estimate of drug-likeness (QED) is 0.623. The zero-order valence-electron chi connectivity index (χ0n) is 13.0. The molecule has 2 aromatic rings. The van der Waals surface area contributed by atoms with Crippen molar-refractivity contribution in [3.05, 3.63) is 62.7 Å². The Morgan fingerprint density at radius 3 is 2.68 bits per heavy atom. The summed E-state index contributed by atoms with van der Waals surface area (Å²) >= 11 is 5.85. The maximum absolute atomic E-state index is 12.3. The van der Waals surface area contributed by atoms with Gasteiger partial charge in [-0.15, -0.1) is 0 Å². The average Bonchev–Trinajstić information content (AvgIpc) is 3.40. The lowest BCUT2D eigenvalue weighted by atomic mass is 10.1. The predicted octanol–water partition coefficient (Wildman–Crippen LogP) is 3.95. The number of halogens is 1. The van der Waals surface area contributed by atoms with Crippen molar-refractivity contribution in [1.82, 2.24) is 0 Å². The van der Waals surface area contributed by atoms with E-state index in [9.17, 15) is 14.9 Å². The Bertz CT molecular complexity index is 903. The largest absolute Gasteiger partial charge is 0.377 e. The highest BCUT2D eigenvalue weighted by Gasteiger charge is 2.25. The summed E-state index contributed by atoms with van der Waals surface area (Å²) in [5, 5.41) is 26.2. The van der Waals surface area contributed by atoms with Crippen molar-refractivity contribution in [3.8, 4) is 6.07 Å². The Morgan fingerprint density at radius 1 is 1.28 bits per heavy atom. The van der Waals surface area contributed by atoms with Gasteiger partial charge in [0.2, 0.25) is 0 Å². The third kappa shape index (κ3) is 3.87. The fraction of sp³-hybridized carbons (Fsp3) is 0.176. The Balaban J connectivity index is 1.83. The molecule has 126 valence electrons. The predicted molar refractivity (Wildman–Crippen MR) is 93.9 cm³/mol. The first-order chi connectivity index (χ1) is 12.0. The first-order valence-corrected chi connectivity index (χ1v) is 7.91. The van der Waals surface area contributed by atoms with Crippen LogP contribution in [0.4, 0.5) is 17.1 Å². The highest BCUT2D eigenvalue weighted by Crippen LogP contribution is 2.31. The molecule has 2 aromatic carbocycles. The number of anilines is 2. The summed E-state index contributed by atoms with van der Waals surface area (Å²) in [4.78, 5) is 23.1. The van der Waals surface area contributed by atoms with Crippen LogP contribution in [0.3, 0.4) is 0 Å². The zero-order chi connectivity index (χ0) is 18.0. The van der Waals surface area contributed by atoms with E-state index in [-0.39, 0.29) is 27.9 Å². The fourth-order valence-electron chi connectivity index (χ4n) is 2.29. The van der Waals surface area contributed by atoms with E-state index in [1.54, 1.807) is 6.07 Å². The third-order valence-electron chi connectivity index (χ3n) is 3.74. The normalized spacial score (nSPS) is 13.0. The molecule has 0 bridgehead atoms. The number of nitrogens with zero attached hydrogens (tertiary/aromatic N) is 2. The average molecular weight is 357 g/mol. The van der Waals surface area contributed by atoms with Crippen molar-refractivity contribution >= 4 is 34.6 Å². The van der Waals surface area contributed by atoms with Crippen molar-refractivity contribution in [2.75, 3.05) is 10.6 Å². The summed E-state index contributed by atoms with van der Waals surface area (Å²) in [6.45, 7) is 0. The van der Waals surface area contributed by atoms with Gasteiger partial charge < -0.3 is 10.6 Å². The van der Waals surface area contributed by atoms with Gasteiger partial charge in [0.25, 0.3) is 11.6 Å². The topological polar surface area (TPSA) is 108 Å². The number of carbonyl (C=O) groups excluding carboxylic acids is 1. The molecule has 1 saturated carbocycles. The number of nitriles is 1. The SMILES string of the molecule is N#Cc1cc(NC(=O)c2ccc(NC3CC3)c([N+](=O)[O-])c2)ccc1Cl. The second kappa shape index (κ2) is 6.79. The Kier molecular flexibility index (Phi) is 4.55. The van der Waals surface area contributed by atoms with Crippen LogP contribution in [0.5, 0.6) is 0 Å². The van der Waals surface area contributed by atoms with Crippen molar-refractivity contribution in [3.63, 3.8) is 0 Å². The van der Waals surface area contributed by atoms with Gasteiger partial charge in [-0.25, -0.2) is 0 Å². The number of benzene rings is 2. The summed E-state index contributed by atoms with van der Waals surface area (Å²) in [6.07, 6.45) is 1.97. The molecule has 2 N–H and O–H groups in total. The van der Waals surface area contributed by atoms with Crippen molar-refractivity contribution < 1.29 is 9.72 Å². The lowest BCUT2D eigenvalue weighted by Gasteiger charge is -2.09. The summed E-state index contributed by atoms with van der Waals surface area (Å²) in [6, 6.07) is 11.0. The maximum Gasteiger partial charge on any atom is 0.293 e. The summed E-state index contributed by atoms with van der Waals surface area (Å²) in [5.41, 5.74) is 1.03. The molecule has 25 heavy (non-hydrogen) atoms. The molecule has 7 nitrogen and oxygen atoms in total. The smallest absolute Gasteiger partial charge is 0.293 e. The van der Waals surface area contributed by atoms with E-state index < -0.39 is 10.8 Å². The monoisotopic (exact) mass is 356 g/mol. The Labute approximate surface area is 148 Å². The van der Waals surface area contributed by atoms with Crippen LogP contribution in [0.2, 0.25) is 5.02 Å². The van der Waals surface area contributed by atoms with Gasteiger partial charge in [-0.05, 0) is 43.2 Å². The number of nitrogens with one attached hydrogen (secondary N) is 2. The minimum atomic E-state index is -0.516. The maximum atomic E-state index is 12.3. The summed E-state index contributed by atoms with van der Waals surface area (Å²) in [5.74, 6) is -0.507. The number of carbonyl (C=O) groups is 1. The highest BCUT2D eigenvalue weighted by atomic mass is 35.5. The van der Waals surface area contributed by atoms with Crippen LogP contribution >= 0.6 is 11.6 Å². The van der Waals surface area contributed by atoms with Gasteiger partial charge in [-0.3, -0.25) is 14.9 Å².